The Morgan fingerprint density at radius 3 is 2.69 bits per heavy atom. The fourth-order valence-electron chi connectivity index (χ4n) is 3.10. The second kappa shape index (κ2) is 8.45. The van der Waals surface area contributed by atoms with E-state index in [1.54, 1.807) is 30.4 Å². The molecular weight excluding hydrogens is 346 g/mol. The minimum Gasteiger partial charge on any atom is -0.341 e. The Morgan fingerprint density at radius 2 is 1.92 bits per heavy atom. The van der Waals surface area contributed by atoms with E-state index in [9.17, 15) is 9.59 Å². The summed E-state index contributed by atoms with van der Waals surface area (Å²) in [6, 6.07) is 6.69. The van der Waals surface area contributed by atoms with Crippen LogP contribution >= 0.6 is 11.3 Å². The number of benzene rings is 1. The van der Waals surface area contributed by atoms with Gasteiger partial charge in [0.05, 0.1) is 5.69 Å². The first-order valence-corrected chi connectivity index (χ1v) is 10.0. The summed E-state index contributed by atoms with van der Waals surface area (Å²) in [7, 11) is 0. The van der Waals surface area contributed by atoms with Crippen molar-refractivity contribution in [2.24, 2.45) is 0 Å². The van der Waals surface area contributed by atoms with Gasteiger partial charge in [0, 0.05) is 10.4 Å². The highest BCUT2D eigenvalue weighted by atomic mass is 32.1. The second-order valence-corrected chi connectivity index (χ2v) is 7.94. The number of thiazole rings is 1. The number of rotatable bonds is 4. The van der Waals surface area contributed by atoms with Crippen molar-refractivity contribution < 1.29 is 9.59 Å². The van der Waals surface area contributed by atoms with Crippen LogP contribution in [0.25, 0.3) is 0 Å². The molecule has 1 aliphatic carbocycles. The van der Waals surface area contributed by atoms with Crippen molar-refractivity contribution in [1.82, 2.24) is 10.3 Å². The Bertz CT molecular complexity index is 775. The summed E-state index contributed by atoms with van der Waals surface area (Å²) in [5, 5.41) is 6.25. The molecule has 1 aliphatic rings. The monoisotopic (exact) mass is 371 g/mol. The van der Waals surface area contributed by atoms with Crippen LogP contribution in [0, 0.1) is 6.92 Å². The molecule has 5 nitrogen and oxygen atoms in total. The van der Waals surface area contributed by atoms with Crippen molar-refractivity contribution in [2.75, 3.05) is 5.32 Å². The van der Waals surface area contributed by atoms with Crippen LogP contribution in [0.15, 0.2) is 24.3 Å². The average Bonchev–Trinajstić information content (AvgIpc) is 2.95. The number of nitrogens with one attached hydrogen (secondary N) is 2. The number of anilines is 1. The molecule has 1 aromatic heterocycles. The van der Waals surface area contributed by atoms with Gasteiger partial charge >= 0.3 is 0 Å². The third-order valence-electron chi connectivity index (χ3n) is 4.60. The van der Waals surface area contributed by atoms with Gasteiger partial charge in [-0.25, -0.2) is 4.98 Å². The molecule has 1 heterocycles. The average molecular weight is 372 g/mol. The van der Waals surface area contributed by atoms with Crippen molar-refractivity contribution >= 4 is 28.3 Å². The van der Waals surface area contributed by atoms with Crippen molar-refractivity contribution in [3.63, 3.8) is 0 Å². The Kier molecular flexibility index (Phi) is 6.04. The summed E-state index contributed by atoms with van der Waals surface area (Å²) in [6.45, 7) is 3.62. The Labute approximate surface area is 158 Å². The maximum absolute atomic E-state index is 12.4. The lowest BCUT2D eigenvalue weighted by molar-refractivity contribution is -0.117. The number of aromatic nitrogens is 1. The SMILES string of the molecule is Cc1cccc(C(=O)NC(C)C(=O)Nc2nc3c(s2)CCCCCC3)c1. The molecule has 0 saturated heterocycles. The first kappa shape index (κ1) is 18.6. The third kappa shape index (κ3) is 4.69. The largest absolute Gasteiger partial charge is 0.341 e. The number of hydrogen-bond donors (Lipinski definition) is 2. The maximum Gasteiger partial charge on any atom is 0.251 e. The van der Waals surface area contributed by atoms with E-state index in [1.165, 1.54) is 24.1 Å². The molecule has 3 rings (SSSR count). The van der Waals surface area contributed by atoms with E-state index < -0.39 is 6.04 Å². The Balaban J connectivity index is 1.60. The molecule has 0 radical (unpaired) electrons. The van der Waals surface area contributed by atoms with E-state index >= 15 is 0 Å². The summed E-state index contributed by atoms with van der Waals surface area (Å²) in [5.74, 6) is -0.490. The van der Waals surface area contributed by atoms with Crippen molar-refractivity contribution in [3.05, 3.63) is 46.0 Å². The first-order valence-electron chi connectivity index (χ1n) is 9.20. The summed E-state index contributed by atoms with van der Waals surface area (Å²) < 4.78 is 0. The minimum absolute atomic E-state index is 0.243. The highest BCUT2D eigenvalue weighted by Crippen LogP contribution is 2.28. The number of aryl methyl sites for hydroxylation is 3. The van der Waals surface area contributed by atoms with Crippen LogP contribution < -0.4 is 10.6 Å². The number of carbonyl (C=O) groups excluding carboxylic acids is 2. The predicted octanol–water partition coefficient (Wildman–Crippen LogP) is 3.87. The number of hydrogen-bond acceptors (Lipinski definition) is 4. The van der Waals surface area contributed by atoms with Gasteiger partial charge in [0.1, 0.15) is 6.04 Å². The van der Waals surface area contributed by atoms with Crippen molar-refractivity contribution in [3.8, 4) is 0 Å². The minimum atomic E-state index is -0.630. The summed E-state index contributed by atoms with van der Waals surface area (Å²) in [6.07, 6.45) is 6.89. The van der Waals surface area contributed by atoms with Crippen LogP contribution in [0.1, 0.15) is 59.1 Å². The van der Waals surface area contributed by atoms with Crippen molar-refractivity contribution in [1.29, 1.82) is 0 Å². The van der Waals surface area contributed by atoms with Gasteiger partial charge in [-0.05, 0) is 51.7 Å². The fourth-order valence-corrected chi connectivity index (χ4v) is 4.16. The Morgan fingerprint density at radius 1 is 1.15 bits per heavy atom. The number of amides is 2. The van der Waals surface area contributed by atoms with Crippen LogP contribution in [-0.4, -0.2) is 22.8 Å². The maximum atomic E-state index is 12.4. The van der Waals surface area contributed by atoms with Gasteiger partial charge in [-0.3, -0.25) is 9.59 Å². The molecule has 0 saturated carbocycles. The lowest BCUT2D eigenvalue weighted by Gasteiger charge is -2.13. The van der Waals surface area contributed by atoms with E-state index in [2.05, 4.69) is 15.6 Å². The van der Waals surface area contributed by atoms with Gasteiger partial charge in [0.2, 0.25) is 5.91 Å². The molecule has 6 heteroatoms. The van der Waals surface area contributed by atoms with Crippen LogP contribution in [0.3, 0.4) is 0 Å². The zero-order valence-corrected chi connectivity index (χ0v) is 16.1. The quantitative estimate of drug-likeness (QED) is 0.857. The highest BCUT2D eigenvalue weighted by molar-refractivity contribution is 7.15. The van der Waals surface area contributed by atoms with E-state index in [-0.39, 0.29) is 11.8 Å². The smallest absolute Gasteiger partial charge is 0.251 e. The molecule has 2 N–H and O–H groups in total. The van der Waals surface area contributed by atoms with E-state index in [0.717, 1.165) is 30.5 Å². The lowest BCUT2D eigenvalue weighted by Crippen LogP contribution is -2.41. The topological polar surface area (TPSA) is 71.1 Å². The van der Waals surface area contributed by atoms with Gasteiger partial charge in [-0.15, -0.1) is 11.3 Å². The zero-order valence-electron chi connectivity index (χ0n) is 15.3. The number of carbonyl (C=O) groups is 2. The van der Waals surface area contributed by atoms with Crippen LogP contribution in [0.5, 0.6) is 0 Å². The molecule has 0 fully saturated rings. The van der Waals surface area contributed by atoms with Crippen LogP contribution in [0.2, 0.25) is 0 Å². The van der Waals surface area contributed by atoms with E-state index in [0.29, 0.717) is 10.7 Å². The first-order chi connectivity index (χ1) is 12.5. The second-order valence-electron chi connectivity index (χ2n) is 6.86. The van der Waals surface area contributed by atoms with Gasteiger partial charge < -0.3 is 10.6 Å². The zero-order chi connectivity index (χ0) is 18.5. The molecule has 0 aliphatic heterocycles. The summed E-state index contributed by atoms with van der Waals surface area (Å²) >= 11 is 1.57. The fraction of sp³-hybridized carbons (Fsp3) is 0.450. The number of fused-ring (bicyclic) bond motifs is 1. The van der Waals surface area contributed by atoms with Crippen molar-refractivity contribution in [2.45, 2.75) is 58.4 Å². The molecular formula is C20H25N3O2S. The molecule has 0 bridgehead atoms. The molecule has 1 atom stereocenters. The van der Waals surface area contributed by atoms with Gasteiger partial charge in [0.25, 0.3) is 5.91 Å². The highest BCUT2D eigenvalue weighted by Gasteiger charge is 2.20. The van der Waals surface area contributed by atoms with Gasteiger partial charge in [-0.1, -0.05) is 30.5 Å². The van der Waals surface area contributed by atoms with E-state index in [1.807, 2.05) is 19.1 Å². The number of nitrogens with zero attached hydrogens (tertiary/aromatic N) is 1. The Hall–Kier alpha value is -2.21. The molecule has 1 aromatic carbocycles. The summed E-state index contributed by atoms with van der Waals surface area (Å²) in [5.41, 5.74) is 2.69. The molecule has 1 unspecified atom stereocenters. The van der Waals surface area contributed by atoms with Gasteiger partial charge in [0.15, 0.2) is 5.13 Å². The summed E-state index contributed by atoms with van der Waals surface area (Å²) in [4.78, 5) is 30.6. The molecule has 2 amide bonds. The van der Waals surface area contributed by atoms with Gasteiger partial charge in [-0.2, -0.15) is 0 Å². The lowest BCUT2D eigenvalue weighted by atomic mass is 10.0. The van der Waals surface area contributed by atoms with E-state index in [4.69, 9.17) is 0 Å². The molecule has 26 heavy (non-hydrogen) atoms. The molecule has 138 valence electrons. The standard InChI is InChI=1S/C20H25N3O2S/c1-13-8-7-9-15(12-13)19(25)21-14(2)18(24)23-20-22-16-10-5-3-4-6-11-17(16)26-20/h7-9,12,14H,3-6,10-11H2,1-2H3,(H,21,25)(H,22,23,24). The molecule has 0 spiro atoms. The van der Waals surface area contributed by atoms with Crippen LogP contribution in [0.4, 0.5) is 5.13 Å². The predicted molar refractivity (Wildman–Crippen MR) is 105 cm³/mol. The molecule has 2 aromatic rings. The normalized spacial score (nSPS) is 15.3. The third-order valence-corrected chi connectivity index (χ3v) is 5.67. The van der Waals surface area contributed by atoms with Crippen LogP contribution in [-0.2, 0) is 17.6 Å².